The maximum atomic E-state index is 13.4. The first-order valence-electron chi connectivity index (χ1n) is 11.2. The summed E-state index contributed by atoms with van der Waals surface area (Å²) in [5.74, 6) is 0.898. The van der Waals surface area contributed by atoms with Crippen LogP contribution in [0.25, 0.3) is 6.08 Å². The third kappa shape index (κ3) is 5.16. The van der Waals surface area contributed by atoms with Crippen LogP contribution in [0.4, 0.5) is 5.69 Å². The Morgan fingerprint density at radius 3 is 2.63 bits per heavy atom. The number of nitrogens with zero attached hydrogens (tertiary/aromatic N) is 1. The minimum absolute atomic E-state index is 0.0940. The molecule has 3 aromatic carbocycles. The normalized spacial score (nSPS) is 16.6. The Labute approximate surface area is 212 Å². The fourth-order valence-corrected chi connectivity index (χ4v) is 5.16. The third-order valence-electron chi connectivity index (χ3n) is 5.75. The molecule has 2 amide bonds. The second-order valence-electron chi connectivity index (χ2n) is 8.21. The lowest BCUT2D eigenvalue weighted by Crippen LogP contribution is -2.43. The van der Waals surface area contributed by atoms with Crippen LogP contribution in [0.5, 0.6) is 11.5 Å². The van der Waals surface area contributed by atoms with Gasteiger partial charge in [0.1, 0.15) is 19.8 Å². The summed E-state index contributed by atoms with van der Waals surface area (Å²) in [5, 5.41) is 3.63. The van der Waals surface area contributed by atoms with Gasteiger partial charge in [0.25, 0.3) is 5.91 Å². The van der Waals surface area contributed by atoms with E-state index >= 15 is 0 Å². The van der Waals surface area contributed by atoms with Crippen molar-refractivity contribution in [1.82, 2.24) is 5.32 Å². The van der Waals surface area contributed by atoms with Crippen molar-refractivity contribution in [2.45, 2.75) is 17.9 Å². The van der Waals surface area contributed by atoms with Crippen LogP contribution in [-0.4, -0.2) is 31.6 Å². The van der Waals surface area contributed by atoms with E-state index in [-0.39, 0.29) is 24.4 Å². The van der Waals surface area contributed by atoms with Crippen molar-refractivity contribution in [3.8, 4) is 11.5 Å². The van der Waals surface area contributed by atoms with Gasteiger partial charge in [0.15, 0.2) is 11.5 Å². The lowest BCUT2D eigenvalue weighted by molar-refractivity contribution is -0.122. The number of hydrogen-bond acceptors (Lipinski definition) is 5. The number of benzene rings is 3. The number of amides is 2. The van der Waals surface area contributed by atoms with Crippen molar-refractivity contribution in [1.29, 1.82) is 0 Å². The number of rotatable bonds is 5. The number of fused-ring (bicyclic) bond motifs is 2. The zero-order valence-corrected chi connectivity index (χ0v) is 20.6. The average molecular weight is 507 g/mol. The number of carbonyl (C=O) groups is 2. The van der Waals surface area contributed by atoms with Crippen molar-refractivity contribution in [2.75, 3.05) is 24.7 Å². The van der Waals surface area contributed by atoms with E-state index in [1.165, 1.54) is 16.7 Å². The molecule has 0 aromatic heterocycles. The van der Waals surface area contributed by atoms with Crippen molar-refractivity contribution < 1.29 is 19.1 Å². The summed E-state index contributed by atoms with van der Waals surface area (Å²) in [6.45, 7) is 2.83. The van der Waals surface area contributed by atoms with E-state index in [1.54, 1.807) is 12.1 Å². The van der Waals surface area contributed by atoms with E-state index in [4.69, 9.17) is 21.1 Å². The first-order chi connectivity index (χ1) is 17.0. The summed E-state index contributed by atoms with van der Waals surface area (Å²) in [7, 11) is 0. The van der Waals surface area contributed by atoms with Crippen LogP contribution in [0.15, 0.2) is 76.5 Å². The number of halogens is 1. The maximum Gasteiger partial charge on any atom is 0.265 e. The molecule has 0 aliphatic carbocycles. The summed E-state index contributed by atoms with van der Waals surface area (Å²) < 4.78 is 11.2. The maximum absolute atomic E-state index is 13.4. The minimum Gasteiger partial charge on any atom is -0.486 e. The Morgan fingerprint density at radius 1 is 1.09 bits per heavy atom. The van der Waals surface area contributed by atoms with Gasteiger partial charge in [0, 0.05) is 9.92 Å². The summed E-state index contributed by atoms with van der Waals surface area (Å²) in [6.07, 6.45) is 1.82. The lowest BCUT2D eigenvalue weighted by atomic mass is 10.1. The highest BCUT2D eigenvalue weighted by molar-refractivity contribution is 8.04. The number of anilines is 1. The number of carbonyl (C=O) groups excluding carboxylic acids is 2. The van der Waals surface area contributed by atoms with E-state index in [1.807, 2.05) is 67.6 Å². The van der Waals surface area contributed by atoms with Crippen LogP contribution in [0.3, 0.4) is 0 Å². The molecule has 35 heavy (non-hydrogen) atoms. The molecule has 0 radical (unpaired) electrons. The largest absolute Gasteiger partial charge is 0.486 e. The Bertz CT molecular complexity index is 1310. The van der Waals surface area contributed by atoms with Gasteiger partial charge in [-0.05, 0) is 60.5 Å². The molecular formula is C27H23ClN2O4S. The summed E-state index contributed by atoms with van der Waals surface area (Å²) >= 11 is 7.39. The van der Waals surface area contributed by atoms with Crippen LogP contribution in [0.1, 0.15) is 24.1 Å². The van der Waals surface area contributed by atoms with Crippen molar-refractivity contribution >= 4 is 46.9 Å². The van der Waals surface area contributed by atoms with Crippen molar-refractivity contribution in [2.24, 2.45) is 0 Å². The highest BCUT2D eigenvalue weighted by Crippen LogP contribution is 2.42. The third-order valence-corrected chi connectivity index (χ3v) is 7.07. The number of para-hydroxylation sites is 1. The molecule has 0 bridgehead atoms. The Kier molecular flexibility index (Phi) is 6.70. The molecule has 0 spiro atoms. The molecule has 5 rings (SSSR count). The SMILES string of the molecule is CC(NC(=O)CN1C(=O)C(=Cc2ccc(Cl)cc2)Sc2ccccc21)c1ccc2c(c1)OCCO2. The molecule has 1 unspecified atom stereocenters. The van der Waals surface area contributed by atoms with E-state index < -0.39 is 0 Å². The van der Waals surface area contributed by atoms with Gasteiger partial charge in [0.2, 0.25) is 5.91 Å². The van der Waals surface area contributed by atoms with Gasteiger partial charge in [-0.1, -0.05) is 53.7 Å². The molecule has 0 fully saturated rings. The topological polar surface area (TPSA) is 67.9 Å². The standard InChI is InChI=1S/C27H23ClN2O4S/c1-17(19-8-11-22-23(15-19)34-13-12-33-22)29-26(31)16-30-21-4-2-3-5-24(21)35-25(27(30)32)14-18-6-9-20(28)10-7-18/h2-11,14-15,17H,12-13,16H2,1H3,(H,29,31). The van der Waals surface area contributed by atoms with Gasteiger partial charge in [-0.15, -0.1) is 0 Å². The molecular weight excluding hydrogens is 484 g/mol. The van der Waals surface area contributed by atoms with Crippen molar-refractivity contribution in [3.05, 3.63) is 87.8 Å². The quantitative estimate of drug-likeness (QED) is 0.465. The zero-order chi connectivity index (χ0) is 24.4. The Morgan fingerprint density at radius 2 is 1.83 bits per heavy atom. The molecule has 1 N–H and O–H groups in total. The van der Waals surface area contributed by atoms with Crippen LogP contribution >= 0.6 is 23.4 Å². The molecule has 3 aromatic rings. The van der Waals surface area contributed by atoms with Gasteiger partial charge in [0.05, 0.1) is 16.6 Å². The van der Waals surface area contributed by atoms with Crippen LogP contribution in [-0.2, 0) is 9.59 Å². The molecule has 2 aliphatic rings. The first-order valence-corrected chi connectivity index (χ1v) is 12.4. The Hall–Kier alpha value is -3.42. The van der Waals surface area contributed by atoms with Gasteiger partial charge in [-0.2, -0.15) is 0 Å². The molecule has 0 saturated heterocycles. The predicted octanol–water partition coefficient (Wildman–Crippen LogP) is 5.47. The number of hydrogen-bond donors (Lipinski definition) is 1. The molecule has 1 atom stereocenters. The highest BCUT2D eigenvalue weighted by atomic mass is 35.5. The number of nitrogens with one attached hydrogen (secondary N) is 1. The molecule has 2 aliphatic heterocycles. The Balaban J connectivity index is 1.34. The molecule has 0 saturated carbocycles. The van der Waals surface area contributed by atoms with E-state index in [0.717, 1.165) is 21.7 Å². The minimum atomic E-state index is -0.271. The highest BCUT2D eigenvalue weighted by Gasteiger charge is 2.30. The van der Waals surface area contributed by atoms with Crippen LogP contribution in [0.2, 0.25) is 5.02 Å². The van der Waals surface area contributed by atoms with Crippen LogP contribution < -0.4 is 19.7 Å². The van der Waals surface area contributed by atoms with Crippen molar-refractivity contribution in [3.63, 3.8) is 0 Å². The molecule has 6 nitrogen and oxygen atoms in total. The van der Waals surface area contributed by atoms with Crippen LogP contribution in [0, 0.1) is 0 Å². The predicted molar refractivity (Wildman–Crippen MR) is 138 cm³/mol. The van der Waals surface area contributed by atoms with Gasteiger partial charge < -0.3 is 14.8 Å². The smallest absolute Gasteiger partial charge is 0.265 e. The zero-order valence-electron chi connectivity index (χ0n) is 19.0. The summed E-state index contributed by atoms with van der Waals surface area (Å²) in [6, 6.07) is 20.2. The number of ether oxygens (including phenoxy) is 2. The average Bonchev–Trinajstić information content (AvgIpc) is 2.87. The van der Waals surface area contributed by atoms with Gasteiger partial charge >= 0.3 is 0 Å². The second kappa shape index (κ2) is 10.1. The van der Waals surface area contributed by atoms with E-state index in [0.29, 0.717) is 34.6 Å². The molecule has 178 valence electrons. The lowest BCUT2D eigenvalue weighted by Gasteiger charge is -2.30. The molecule has 2 heterocycles. The molecule has 8 heteroatoms. The summed E-state index contributed by atoms with van der Waals surface area (Å²) in [4.78, 5) is 29.4. The fraction of sp³-hybridized carbons (Fsp3) is 0.185. The summed E-state index contributed by atoms with van der Waals surface area (Å²) in [5.41, 5.74) is 2.48. The second-order valence-corrected chi connectivity index (χ2v) is 9.73. The number of thioether (sulfide) groups is 1. The van der Waals surface area contributed by atoms with E-state index in [2.05, 4.69) is 5.32 Å². The monoisotopic (exact) mass is 506 g/mol. The fourth-order valence-electron chi connectivity index (χ4n) is 3.97. The van der Waals surface area contributed by atoms with Gasteiger partial charge in [-0.25, -0.2) is 0 Å². The van der Waals surface area contributed by atoms with E-state index in [9.17, 15) is 9.59 Å². The van der Waals surface area contributed by atoms with Gasteiger partial charge in [-0.3, -0.25) is 14.5 Å². The first kappa shape index (κ1) is 23.3.